The minimum atomic E-state index is -0.0775. The van der Waals surface area contributed by atoms with Gasteiger partial charge in [-0.2, -0.15) is 0 Å². The van der Waals surface area contributed by atoms with Gasteiger partial charge in [-0.05, 0) is 25.0 Å². The molecule has 19 heavy (non-hydrogen) atoms. The number of benzene rings is 1. The molecule has 102 valence electrons. The van der Waals surface area contributed by atoms with Gasteiger partial charge < -0.3 is 14.8 Å². The highest BCUT2D eigenvalue weighted by Crippen LogP contribution is 2.30. The van der Waals surface area contributed by atoms with Crippen LogP contribution >= 0.6 is 0 Å². The lowest BCUT2D eigenvalue weighted by Gasteiger charge is -2.29. The number of para-hydroxylation sites is 2. The summed E-state index contributed by atoms with van der Waals surface area (Å²) in [6.07, 6.45) is 2.28. The summed E-state index contributed by atoms with van der Waals surface area (Å²) in [6.45, 7) is 2.50. The van der Waals surface area contributed by atoms with E-state index >= 15 is 0 Å². The number of nitrogens with one attached hydrogen (secondary N) is 1. The van der Waals surface area contributed by atoms with Gasteiger partial charge in [0.1, 0.15) is 12.4 Å². The molecule has 1 saturated heterocycles. The van der Waals surface area contributed by atoms with Crippen LogP contribution in [0, 0.1) is 0 Å². The quantitative estimate of drug-likeness (QED) is 0.883. The lowest BCUT2D eigenvalue weighted by Crippen LogP contribution is -2.46. The molecule has 3 rings (SSSR count). The molecule has 5 nitrogen and oxygen atoms in total. The Bertz CT molecular complexity index is 458. The van der Waals surface area contributed by atoms with E-state index in [2.05, 4.69) is 5.32 Å². The molecule has 2 aliphatic rings. The predicted molar refractivity (Wildman–Crippen MR) is 71.7 cm³/mol. The van der Waals surface area contributed by atoms with Crippen LogP contribution in [0.2, 0.25) is 0 Å². The normalized spacial score (nSPS) is 21.7. The fraction of sp³-hybridized carbons (Fsp3) is 0.500. The van der Waals surface area contributed by atoms with E-state index in [1.54, 1.807) is 4.90 Å². The average molecular weight is 262 g/mol. The van der Waals surface area contributed by atoms with Crippen molar-refractivity contribution >= 4 is 11.7 Å². The minimum absolute atomic E-state index is 0.0775. The van der Waals surface area contributed by atoms with Crippen molar-refractivity contribution in [3.05, 3.63) is 24.3 Å². The third kappa shape index (κ3) is 2.66. The van der Waals surface area contributed by atoms with Crippen molar-refractivity contribution in [1.29, 1.82) is 0 Å². The standard InChI is InChI=1S/C14H18N2O3/c17-14(15-10-11-4-3-8-18-11)16-7-9-19-13-6-2-1-5-12(13)16/h1-2,5-6,11H,3-4,7-10H2,(H,15,17). The third-order valence-electron chi connectivity index (χ3n) is 3.48. The molecule has 1 fully saturated rings. The molecular formula is C14H18N2O3. The third-order valence-corrected chi connectivity index (χ3v) is 3.48. The predicted octanol–water partition coefficient (Wildman–Crippen LogP) is 1.77. The van der Waals surface area contributed by atoms with Crippen molar-refractivity contribution in [2.45, 2.75) is 18.9 Å². The summed E-state index contributed by atoms with van der Waals surface area (Å²) in [5, 5.41) is 2.94. The molecule has 2 heterocycles. The number of nitrogens with zero attached hydrogens (tertiary/aromatic N) is 1. The van der Waals surface area contributed by atoms with Gasteiger partial charge in [0, 0.05) is 13.2 Å². The van der Waals surface area contributed by atoms with Gasteiger partial charge in [0.05, 0.1) is 18.3 Å². The van der Waals surface area contributed by atoms with Crippen LogP contribution in [0.4, 0.5) is 10.5 Å². The van der Waals surface area contributed by atoms with E-state index in [0.717, 1.165) is 30.9 Å². The second kappa shape index (κ2) is 5.48. The Balaban J connectivity index is 1.64. The highest BCUT2D eigenvalue weighted by atomic mass is 16.5. The average Bonchev–Trinajstić information content (AvgIpc) is 2.97. The number of fused-ring (bicyclic) bond motifs is 1. The van der Waals surface area contributed by atoms with Crippen LogP contribution in [0.25, 0.3) is 0 Å². The smallest absolute Gasteiger partial charge is 0.322 e. The van der Waals surface area contributed by atoms with Crippen LogP contribution in [0.1, 0.15) is 12.8 Å². The maximum absolute atomic E-state index is 12.2. The molecule has 2 amide bonds. The molecule has 1 aromatic carbocycles. The van der Waals surface area contributed by atoms with Crippen LogP contribution in [-0.2, 0) is 4.74 Å². The summed E-state index contributed by atoms with van der Waals surface area (Å²) in [5.41, 5.74) is 0.832. The van der Waals surface area contributed by atoms with Gasteiger partial charge in [-0.25, -0.2) is 4.79 Å². The first-order valence-electron chi connectivity index (χ1n) is 6.73. The lowest BCUT2D eigenvalue weighted by atomic mass is 10.2. The molecule has 0 aromatic heterocycles. The number of anilines is 1. The topological polar surface area (TPSA) is 50.8 Å². The number of urea groups is 1. The number of ether oxygens (including phenoxy) is 2. The van der Waals surface area contributed by atoms with Gasteiger partial charge in [0.15, 0.2) is 0 Å². The highest BCUT2D eigenvalue weighted by molar-refractivity contribution is 5.94. The molecular weight excluding hydrogens is 244 g/mol. The fourth-order valence-electron chi connectivity index (χ4n) is 2.48. The first-order valence-corrected chi connectivity index (χ1v) is 6.73. The summed E-state index contributed by atoms with van der Waals surface area (Å²) in [7, 11) is 0. The minimum Gasteiger partial charge on any atom is -0.490 e. The lowest BCUT2D eigenvalue weighted by molar-refractivity contribution is 0.111. The van der Waals surface area contributed by atoms with E-state index < -0.39 is 0 Å². The molecule has 0 radical (unpaired) electrons. The Kier molecular flexibility index (Phi) is 3.55. The maximum atomic E-state index is 12.2. The van der Waals surface area contributed by atoms with Crippen molar-refractivity contribution in [2.75, 3.05) is 31.2 Å². The zero-order valence-electron chi connectivity index (χ0n) is 10.8. The molecule has 1 aromatic rings. The van der Waals surface area contributed by atoms with Crippen LogP contribution < -0.4 is 15.0 Å². The first-order chi connectivity index (χ1) is 9.34. The molecule has 1 unspecified atom stereocenters. The Morgan fingerprint density at radius 2 is 2.26 bits per heavy atom. The Hall–Kier alpha value is -1.75. The van der Waals surface area contributed by atoms with Crippen LogP contribution in [0.5, 0.6) is 5.75 Å². The van der Waals surface area contributed by atoms with Crippen LogP contribution in [0.15, 0.2) is 24.3 Å². The van der Waals surface area contributed by atoms with Gasteiger partial charge in [-0.3, -0.25) is 4.90 Å². The number of carbonyl (C=O) groups is 1. The molecule has 0 saturated carbocycles. The maximum Gasteiger partial charge on any atom is 0.322 e. The zero-order valence-corrected chi connectivity index (χ0v) is 10.8. The number of hydrogen-bond donors (Lipinski definition) is 1. The highest BCUT2D eigenvalue weighted by Gasteiger charge is 2.24. The Morgan fingerprint density at radius 1 is 1.37 bits per heavy atom. The first kappa shape index (κ1) is 12.3. The molecule has 1 atom stereocenters. The van der Waals surface area contributed by atoms with Crippen molar-refractivity contribution < 1.29 is 14.3 Å². The largest absolute Gasteiger partial charge is 0.490 e. The number of hydrogen-bond acceptors (Lipinski definition) is 3. The number of amides is 2. The Morgan fingerprint density at radius 3 is 3.11 bits per heavy atom. The SMILES string of the molecule is O=C(NCC1CCCO1)N1CCOc2ccccc21. The molecule has 1 N–H and O–H groups in total. The van der Waals surface area contributed by atoms with Gasteiger partial charge in [0.25, 0.3) is 0 Å². The Labute approximate surface area is 112 Å². The van der Waals surface area contributed by atoms with Crippen molar-refractivity contribution in [2.24, 2.45) is 0 Å². The van der Waals surface area contributed by atoms with E-state index in [0.29, 0.717) is 19.7 Å². The summed E-state index contributed by atoms with van der Waals surface area (Å²) in [4.78, 5) is 14.0. The molecule has 0 bridgehead atoms. The van der Waals surface area contributed by atoms with Crippen molar-refractivity contribution in [1.82, 2.24) is 5.32 Å². The van der Waals surface area contributed by atoms with Crippen LogP contribution in [0.3, 0.4) is 0 Å². The van der Waals surface area contributed by atoms with E-state index in [4.69, 9.17) is 9.47 Å². The monoisotopic (exact) mass is 262 g/mol. The second-order valence-corrected chi connectivity index (χ2v) is 4.79. The fourth-order valence-corrected chi connectivity index (χ4v) is 2.48. The van der Waals surface area contributed by atoms with Gasteiger partial charge in [-0.15, -0.1) is 0 Å². The van der Waals surface area contributed by atoms with Gasteiger partial charge >= 0.3 is 6.03 Å². The zero-order chi connectivity index (χ0) is 13.1. The van der Waals surface area contributed by atoms with E-state index in [1.807, 2.05) is 24.3 Å². The molecule has 0 spiro atoms. The molecule has 0 aliphatic carbocycles. The molecule has 5 heteroatoms. The summed E-state index contributed by atoms with van der Waals surface area (Å²) >= 11 is 0. The summed E-state index contributed by atoms with van der Waals surface area (Å²) in [5.74, 6) is 0.765. The summed E-state index contributed by atoms with van der Waals surface area (Å²) < 4.78 is 11.0. The van der Waals surface area contributed by atoms with Crippen molar-refractivity contribution in [3.63, 3.8) is 0 Å². The molecule has 2 aliphatic heterocycles. The van der Waals surface area contributed by atoms with Crippen molar-refractivity contribution in [3.8, 4) is 5.75 Å². The van der Waals surface area contributed by atoms with E-state index in [1.165, 1.54) is 0 Å². The summed E-state index contributed by atoms with van der Waals surface area (Å²) in [6, 6.07) is 7.53. The second-order valence-electron chi connectivity index (χ2n) is 4.79. The van der Waals surface area contributed by atoms with E-state index in [9.17, 15) is 4.79 Å². The van der Waals surface area contributed by atoms with Gasteiger partial charge in [-0.1, -0.05) is 12.1 Å². The van der Waals surface area contributed by atoms with E-state index in [-0.39, 0.29) is 12.1 Å². The van der Waals surface area contributed by atoms with Crippen LogP contribution in [-0.4, -0.2) is 38.4 Å². The van der Waals surface area contributed by atoms with Gasteiger partial charge in [0.2, 0.25) is 0 Å². The number of rotatable bonds is 2. The number of carbonyl (C=O) groups excluding carboxylic acids is 1.